The van der Waals surface area contributed by atoms with E-state index in [0.29, 0.717) is 0 Å². The van der Waals surface area contributed by atoms with E-state index in [2.05, 4.69) is 83.7 Å². The Morgan fingerprint density at radius 3 is 2.47 bits per heavy atom. The minimum atomic E-state index is -0.0934. The second kappa shape index (κ2) is 9.18. The van der Waals surface area contributed by atoms with Crippen molar-refractivity contribution in [2.45, 2.75) is 18.9 Å². The number of aryl methyl sites for hydroxylation is 2. The number of thiophene rings is 1. The summed E-state index contributed by atoms with van der Waals surface area (Å²) >= 11 is 10.1. The average Bonchev–Trinajstić information content (AvgIpc) is 3.14. The first kappa shape index (κ1) is 21.5. The molecule has 4 nitrogen and oxygen atoms in total. The summed E-state index contributed by atoms with van der Waals surface area (Å²) in [5.41, 5.74) is 5.28. The number of carbonyl (C=O) groups excluding carboxylic acids is 1. The Morgan fingerprint density at radius 1 is 1.07 bits per heavy atom. The number of nitrogens with one attached hydrogen (secondary N) is 1. The van der Waals surface area contributed by atoms with E-state index < -0.39 is 0 Å². The Hall–Kier alpha value is -1.74. The van der Waals surface area contributed by atoms with Gasteiger partial charge in [0.25, 0.3) is 0 Å². The van der Waals surface area contributed by atoms with Gasteiger partial charge in [-0.05, 0) is 69.0 Å². The molecule has 0 aliphatic rings. The van der Waals surface area contributed by atoms with E-state index in [1.54, 1.807) is 17.7 Å². The zero-order valence-electron chi connectivity index (χ0n) is 16.2. The molecule has 0 spiro atoms. The van der Waals surface area contributed by atoms with Gasteiger partial charge in [-0.2, -0.15) is 0 Å². The zero-order valence-corrected chi connectivity index (χ0v) is 21.0. The highest BCUT2D eigenvalue weighted by Gasteiger charge is 2.16. The van der Waals surface area contributed by atoms with Crippen molar-refractivity contribution in [2.24, 2.45) is 0 Å². The van der Waals surface area contributed by atoms with Crippen molar-refractivity contribution in [2.75, 3.05) is 11.1 Å². The van der Waals surface area contributed by atoms with E-state index in [1.165, 1.54) is 17.3 Å². The summed E-state index contributed by atoms with van der Waals surface area (Å²) in [6.07, 6.45) is 1.56. The van der Waals surface area contributed by atoms with E-state index in [4.69, 9.17) is 0 Å². The minimum absolute atomic E-state index is 0.0934. The number of amides is 1. The molecule has 152 valence electrons. The SMILES string of the molecule is Cc1ccc(-c2csc3ncnc(SCC(=O)Nc4c(Br)cc(C)cc4Br)c23)cc1. The van der Waals surface area contributed by atoms with Crippen LogP contribution in [0.5, 0.6) is 0 Å². The Labute approximate surface area is 199 Å². The molecule has 0 radical (unpaired) electrons. The molecular formula is C22H17Br2N3OS2. The van der Waals surface area contributed by atoms with E-state index >= 15 is 0 Å². The molecule has 1 amide bonds. The first-order chi connectivity index (χ1) is 14.4. The van der Waals surface area contributed by atoms with Crippen LogP contribution in [0, 0.1) is 13.8 Å². The van der Waals surface area contributed by atoms with Crippen LogP contribution in [0.25, 0.3) is 21.3 Å². The van der Waals surface area contributed by atoms with Gasteiger partial charge in [0.15, 0.2) is 0 Å². The third-order valence-corrected chi connectivity index (χ3v) is 7.62. The van der Waals surface area contributed by atoms with Gasteiger partial charge in [0, 0.05) is 19.9 Å². The highest BCUT2D eigenvalue weighted by Crippen LogP contribution is 2.38. The molecule has 30 heavy (non-hydrogen) atoms. The van der Waals surface area contributed by atoms with Gasteiger partial charge in [-0.3, -0.25) is 4.79 Å². The number of hydrogen-bond donors (Lipinski definition) is 1. The maximum Gasteiger partial charge on any atom is 0.234 e. The van der Waals surface area contributed by atoms with Crippen LogP contribution >= 0.6 is 55.0 Å². The molecule has 0 atom stereocenters. The zero-order chi connectivity index (χ0) is 21.3. The Balaban J connectivity index is 1.57. The van der Waals surface area contributed by atoms with Crippen LogP contribution in [0.1, 0.15) is 11.1 Å². The fourth-order valence-corrected chi connectivity index (χ4v) is 6.44. The second-order valence-electron chi connectivity index (χ2n) is 6.81. The number of anilines is 1. The maximum absolute atomic E-state index is 12.6. The van der Waals surface area contributed by atoms with Gasteiger partial charge in [0.2, 0.25) is 5.91 Å². The van der Waals surface area contributed by atoms with Gasteiger partial charge in [0.05, 0.1) is 16.8 Å². The highest BCUT2D eigenvalue weighted by atomic mass is 79.9. The van der Waals surface area contributed by atoms with E-state index in [-0.39, 0.29) is 11.7 Å². The summed E-state index contributed by atoms with van der Waals surface area (Å²) < 4.78 is 1.69. The third-order valence-electron chi connectivity index (χ3n) is 4.49. The van der Waals surface area contributed by atoms with Crippen molar-refractivity contribution in [1.82, 2.24) is 9.97 Å². The second-order valence-corrected chi connectivity index (χ2v) is 10.3. The lowest BCUT2D eigenvalue weighted by molar-refractivity contribution is -0.113. The predicted molar refractivity (Wildman–Crippen MR) is 134 cm³/mol. The molecule has 2 heterocycles. The normalized spacial score (nSPS) is 11.1. The number of aromatic nitrogens is 2. The number of benzene rings is 2. The van der Waals surface area contributed by atoms with Crippen LogP contribution in [-0.4, -0.2) is 21.6 Å². The van der Waals surface area contributed by atoms with Gasteiger partial charge < -0.3 is 5.32 Å². The number of halogens is 2. The molecule has 0 unspecified atom stereocenters. The molecule has 0 aliphatic heterocycles. The van der Waals surface area contributed by atoms with E-state index in [9.17, 15) is 4.79 Å². The van der Waals surface area contributed by atoms with Gasteiger partial charge in [-0.15, -0.1) is 11.3 Å². The minimum Gasteiger partial charge on any atom is -0.323 e. The molecule has 0 aliphatic carbocycles. The molecule has 0 saturated carbocycles. The van der Waals surface area contributed by atoms with Crippen LogP contribution in [-0.2, 0) is 4.79 Å². The van der Waals surface area contributed by atoms with Crippen molar-refractivity contribution in [3.05, 3.63) is 68.2 Å². The standard InChI is InChI=1S/C22H17Br2N3OS2/c1-12-3-5-14(6-4-12)15-9-29-21-19(15)22(26-11-25-21)30-10-18(28)27-20-16(23)7-13(2)8-17(20)24/h3-9,11H,10H2,1-2H3,(H,27,28). The van der Waals surface area contributed by atoms with Crippen molar-refractivity contribution < 1.29 is 4.79 Å². The van der Waals surface area contributed by atoms with Crippen molar-refractivity contribution >= 4 is 76.8 Å². The first-order valence-corrected chi connectivity index (χ1v) is 12.5. The van der Waals surface area contributed by atoms with E-state index in [0.717, 1.165) is 46.6 Å². The number of nitrogens with zero attached hydrogens (tertiary/aromatic N) is 2. The monoisotopic (exact) mass is 561 g/mol. The molecule has 0 saturated heterocycles. The van der Waals surface area contributed by atoms with Crippen LogP contribution in [0.15, 0.2) is 62.1 Å². The van der Waals surface area contributed by atoms with Crippen molar-refractivity contribution in [1.29, 1.82) is 0 Å². The summed E-state index contributed by atoms with van der Waals surface area (Å²) in [7, 11) is 0. The van der Waals surface area contributed by atoms with Crippen LogP contribution in [0.2, 0.25) is 0 Å². The molecular weight excluding hydrogens is 546 g/mol. The number of hydrogen-bond acceptors (Lipinski definition) is 5. The fourth-order valence-electron chi connectivity index (χ4n) is 3.03. The lowest BCUT2D eigenvalue weighted by atomic mass is 10.1. The predicted octanol–water partition coefficient (Wildman–Crippen LogP) is 7.23. The Morgan fingerprint density at radius 2 is 1.77 bits per heavy atom. The summed E-state index contributed by atoms with van der Waals surface area (Å²) in [4.78, 5) is 22.4. The lowest BCUT2D eigenvalue weighted by Gasteiger charge is -2.11. The molecule has 4 rings (SSSR count). The number of thioether (sulfide) groups is 1. The molecule has 2 aromatic heterocycles. The third kappa shape index (κ3) is 4.61. The van der Waals surface area contributed by atoms with Gasteiger partial charge >= 0.3 is 0 Å². The maximum atomic E-state index is 12.6. The molecule has 2 aromatic carbocycles. The topological polar surface area (TPSA) is 54.9 Å². The number of carbonyl (C=O) groups is 1. The van der Waals surface area contributed by atoms with Crippen LogP contribution in [0.3, 0.4) is 0 Å². The van der Waals surface area contributed by atoms with Crippen LogP contribution in [0.4, 0.5) is 5.69 Å². The fraction of sp³-hybridized carbons (Fsp3) is 0.136. The molecule has 1 N–H and O–H groups in total. The number of fused-ring (bicyclic) bond motifs is 1. The van der Waals surface area contributed by atoms with Gasteiger partial charge in [-0.1, -0.05) is 41.6 Å². The summed E-state index contributed by atoms with van der Waals surface area (Å²) in [6, 6.07) is 12.4. The van der Waals surface area contributed by atoms with E-state index in [1.807, 2.05) is 19.1 Å². The Bertz CT molecular complexity index is 1220. The number of rotatable bonds is 5. The molecule has 0 fully saturated rings. The Kier molecular flexibility index (Phi) is 6.57. The quantitative estimate of drug-likeness (QED) is 0.206. The molecule has 0 bridgehead atoms. The van der Waals surface area contributed by atoms with Crippen LogP contribution < -0.4 is 5.32 Å². The smallest absolute Gasteiger partial charge is 0.234 e. The first-order valence-electron chi connectivity index (χ1n) is 9.10. The lowest BCUT2D eigenvalue weighted by Crippen LogP contribution is -2.15. The van der Waals surface area contributed by atoms with Gasteiger partial charge in [0.1, 0.15) is 16.2 Å². The largest absolute Gasteiger partial charge is 0.323 e. The van der Waals surface area contributed by atoms with Crippen molar-refractivity contribution in [3.8, 4) is 11.1 Å². The summed E-state index contributed by atoms with van der Waals surface area (Å²) in [5.74, 6) is 0.159. The van der Waals surface area contributed by atoms with Gasteiger partial charge in [-0.25, -0.2) is 9.97 Å². The highest BCUT2D eigenvalue weighted by molar-refractivity contribution is 9.11. The molecule has 4 aromatic rings. The van der Waals surface area contributed by atoms with Crippen molar-refractivity contribution in [3.63, 3.8) is 0 Å². The summed E-state index contributed by atoms with van der Waals surface area (Å²) in [5, 5.41) is 6.90. The average molecular weight is 563 g/mol. The summed E-state index contributed by atoms with van der Waals surface area (Å²) in [6.45, 7) is 4.08. The molecule has 8 heteroatoms.